The molecule has 6 nitrogen and oxygen atoms in total. The van der Waals surface area contributed by atoms with Crippen molar-refractivity contribution in [2.45, 2.75) is 13.8 Å². The van der Waals surface area contributed by atoms with Gasteiger partial charge in [-0.1, -0.05) is 11.6 Å². The number of nitrogens with two attached hydrogens (primary N) is 1. The summed E-state index contributed by atoms with van der Waals surface area (Å²) in [6, 6.07) is 4.18. The Bertz CT molecular complexity index is 488. The third-order valence-corrected chi connectivity index (χ3v) is 2.78. The van der Waals surface area contributed by atoms with Crippen LogP contribution in [0.3, 0.4) is 0 Å². The second kappa shape index (κ2) is 5.22. The number of hydrogen-bond donors (Lipinski definition) is 2. The predicted octanol–water partition coefficient (Wildman–Crippen LogP) is 2.17. The number of amides is 1. The fourth-order valence-corrected chi connectivity index (χ4v) is 1.38. The van der Waals surface area contributed by atoms with Crippen LogP contribution in [0.5, 0.6) is 0 Å². The number of carbonyl (C=O) groups is 1. The van der Waals surface area contributed by atoms with Gasteiger partial charge in [0.15, 0.2) is 0 Å². The molecule has 0 spiro atoms. The molecule has 1 aromatic carbocycles. The number of nitro benzene ring substituents is 1. The number of carbonyl (C=O) groups excluding carboxylic acids is 1. The van der Waals surface area contributed by atoms with E-state index in [4.69, 9.17) is 17.3 Å². The summed E-state index contributed by atoms with van der Waals surface area (Å²) in [6.07, 6.45) is 0. The molecule has 0 unspecified atom stereocenters. The molecule has 0 heterocycles. The molecule has 0 saturated carbocycles. The van der Waals surface area contributed by atoms with E-state index in [0.29, 0.717) is 5.02 Å². The lowest BCUT2D eigenvalue weighted by molar-refractivity contribution is -0.384. The van der Waals surface area contributed by atoms with E-state index in [0.717, 1.165) is 0 Å². The zero-order valence-corrected chi connectivity index (χ0v) is 10.8. The molecule has 18 heavy (non-hydrogen) atoms. The van der Waals surface area contributed by atoms with Crippen LogP contribution in [0.15, 0.2) is 18.2 Å². The van der Waals surface area contributed by atoms with Crippen molar-refractivity contribution in [1.82, 2.24) is 0 Å². The molecule has 1 rings (SSSR count). The van der Waals surface area contributed by atoms with Gasteiger partial charge in [0.05, 0.1) is 10.3 Å². The van der Waals surface area contributed by atoms with E-state index in [9.17, 15) is 14.9 Å². The Morgan fingerprint density at radius 1 is 1.56 bits per heavy atom. The van der Waals surface area contributed by atoms with Crippen molar-refractivity contribution < 1.29 is 9.72 Å². The quantitative estimate of drug-likeness (QED) is 0.633. The molecule has 0 atom stereocenters. The topological polar surface area (TPSA) is 98.3 Å². The monoisotopic (exact) mass is 271 g/mol. The Morgan fingerprint density at radius 3 is 2.67 bits per heavy atom. The smallest absolute Gasteiger partial charge is 0.292 e. The van der Waals surface area contributed by atoms with Gasteiger partial charge in [0.25, 0.3) is 5.69 Å². The van der Waals surface area contributed by atoms with Crippen LogP contribution in [0.25, 0.3) is 0 Å². The minimum Gasteiger partial charge on any atom is -0.378 e. The van der Waals surface area contributed by atoms with Crippen molar-refractivity contribution in [2.75, 3.05) is 11.9 Å². The Morgan fingerprint density at radius 2 is 2.17 bits per heavy atom. The summed E-state index contributed by atoms with van der Waals surface area (Å²) in [6.45, 7) is 3.49. The predicted molar refractivity (Wildman–Crippen MR) is 69.6 cm³/mol. The van der Waals surface area contributed by atoms with Gasteiger partial charge in [-0.05, 0) is 26.0 Å². The fourth-order valence-electron chi connectivity index (χ4n) is 1.21. The van der Waals surface area contributed by atoms with Crippen LogP contribution < -0.4 is 11.1 Å². The van der Waals surface area contributed by atoms with Gasteiger partial charge in [0, 0.05) is 17.6 Å². The van der Waals surface area contributed by atoms with E-state index in [1.165, 1.54) is 18.2 Å². The third kappa shape index (κ3) is 3.33. The minimum atomic E-state index is -0.809. The van der Waals surface area contributed by atoms with Crippen LogP contribution >= 0.6 is 11.6 Å². The number of nitro groups is 1. The van der Waals surface area contributed by atoms with E-state index in [1.54, 1.807) is 13.8 Å². The Kier molecular flexibility index (Phi) is 4.13. The van der Waals surface area contributed by atoms with Gasteiger partial charge in [-0.2, -0.15) is 0 Å². The fraction of sp³-hybridized carbons (Fsp3) is 0.364. The number of nitrogens with one attached hydrogen (secondary N) is 1. The molecule has 0 bridgehead atoms. The van der Waals surface area contributed by atoms with Crippen molar-refractivity contribution in [3.8, 4) is 0 Å². The summed E-state index contributed by atoms with van der Waals surface area (Å²) in [5.74, 6) is -0.486. The lowest BCUT2D eigenvalue weighted by Crippen LogP contribution is -2.37. The number of nitrogens with zero attached hydrogens (tertiary/aromatic N) is 1. The van der Waals surface area contributed by atoms with Gasteiger partial charge in [-0.25, -0.2) is 0 Å². The molecule has 1 aromatic rings. The van der Waals surface area contributed by atoms with Crippen molar-refractivity contribution in [3.05, 3.63) is 33.3 Å². The molecule has 0 aliphatic heterocycles. The van der Waals surface area contributed by atoms with E-state index in [1.807, 2.05) is 0 Å². The summed E-state index contributed by atoms with van der Waals surface area (Å²) < 4.78 is 0. The van der Waals surface area contributed by atoms with E-state index >= 15 is 0 Å². The maximum atomic E-state index is 11.2. The van der Waals surface area contributed by atoms with E-state index in [-0.39, 0.29) is 17.9 Å². The Labute approximate surface area is 109 Å². The second-order valence-corrected chi connectivity index (χ2v) is 4.96. The summed E-state index contributed by atoms with van der Waals surface area (Å²) in [4.78, 5) is 21.5. The highest BCUT2D eigenvalue weighted by atomic mass is 35.5. The first-order valence-electron chi connectivity index (χ1n) is 5.22. The number of hydrogen-bond acceptors (Lipinski definition) is 4. The molecule has 98 valence electrons. The minimum absolute atomic E-state index is 0.0975. The van der Waals surface area contributed by atoms with Crippen molar-refractivity contribution in [2.24, 2.45) is 11.1 Å². The van der Waals surface area contributed by atoms with Crippen LogP contribution in [0, 0.1) is 15.5 Å². The van der Waals surface area contributed by atoms with Gasteiger partial charge in [-0.15, -0.1) is 0 Å². The number of benzene rings is 1. The number of primary amides is 1. The highest BCUT2D eigenvalue weighted by Gasteiger charge is 2.25. The first-order valence-corrected chi connectivity index (χ1v) is 5.59. The molecule has 0 radical (unpaired) electrons. The average Bonchev–Trinajstić information content (AvgIpc) is 2.26. The van der Waals surface area contributed by atoms with Gasteiger partial charge < -0.3 is 11.1 Å². The molecular formula is C11H14ClN3O3. The molecule has 1 amide bonds. The van der Waals surface area contributed by atoms with Gasteiger partial charge >= 0.3 is 0 Å². The number of rotatable bonds is 5. The Balaban J connectivity index is 2.94. The highest BCUT2D eigenvalue weighted by molar-refractivity contribution is 6.31. The van der Waals surface area contributed by atoms with Crippen LogP contribution in [0.2, 0.25) is 5.02 Å². The summed E-state index contributed by atoms with van der Waals surface area (Å²) in [5.41, 5.74) is 4.58. The maximum Gasteiger partial charge on any atom is 0.292 e. The first kappa shape index (κ1) is 14.2. The standard InChI is InChI=1S/C11H14ClN3O3/c1-11(2,10(13)16)6-14-8-5-7(12)3-4-9(8)15(17)18/h3-5,14H,6H2,1-2H3,(H2,13,16). The lowest BCUT2D eigenvalue weighted by Gasteiger charge is -2.21. The zero-order chi connectivity index (χ0) is 13.9. The molecule has 0 aromatic heterocycles. The summed E-state index contributed by atoms with van der Waals surface area (Å²) >= 11 is 5.78. The first-order chi connectivity index (χ1) is 8.24. The van der Waals surface area contributed by atoms with Crippen LogP contribution in [0.1, 0.15) is 13.8 Å². The van der Waals surface area contributed by atoms with Crippen LogP contribution in [-0.4, -0.2) is 17.4 Å². The maximum absolute atomic E-state index is 11.2. The highest BCUT2D eigenvalue weighted by Crippen LogP contribution is 2.28. The van der Waals surface area contributed by atoms with Gasteiger partial charge in [0.2, 0.25) is 5.91 Å². The second-order valence-electron chi connectivity index (χ2n) is 4.52. The van der Waals surface area contributed by atoms with Gasteiger partial charge in [0.1, 0.15) is 5.69 Å². The van der Waals surface area contributed by atoms with E-state index < -0.39 is 16.2 Å². The lowest BCUT2D eigenvalue weighted by atomic mass is 9.92. The Hall–Kier alpha value is -1.82. The van der Waals surface area contributed by atoms with Gasteiger partial charge in [-0.3, -0.25) is 14.9 Å². The normalized spacial score (nSPS) is 11.1. The zero-order valence-electron chi connectivity index (χ0n) is 10.1. The van der Waals surface area contributed by atoms with E-state index in [2.05, 4.69) is 5.32 Å². The molecule has 0 saturated heterocycles. The third-order valence-electron chi connectivity index (χ3n) is 2.54. The van der Waals surface area contributed by atoms with Crippen LogP contribution in [0.4, 0.5) is 11.4 Å². The van der Waals surface area contributed by atoms with Crippen molar-refractivity contribution in [3.63, 3.8) is 0 Å². The number of anilines is 1. The molecule has 0 aliphatic rings. The van der Waals surface area contributed by atoms with Crippen molar-refractivity contribution in [1.29, 1.82) is 0 Å². The summed E-state index contributed by atoms with van der Waals surface area (Å²) in [5, 5.41) is 14.0. The van der Waals surface area contributed by atoms with Crippen LogP contribution in [-0.2, 0) is 4.79 Å². The molecule has 0 fully saturated rings. The summed E-state index contributed by atoms with van der Waals surface area (Å²) in [7, 11) is 0. The molecule has 7 heteroatoms. The molecule has 0 aliphatic carbocycles. The molecular weight excluding hydrogens is 258 g/mol. The average molecular weight is 272 g/mol. The largest absolute Gasteiger partial charge is 0.378 e. The number of halogens is 1. The van der Waals surface area contributed by atoms with Crippen molar-refractivity contribution >= 4 is 28.9 Å². The SMILES string of the molecule is CC(C)(CNc1cc(Cl)ccc1[N+](=O)[O-])C(N)=O. The molecule has 3 N–H and O–H groups in total.